The predicted octanol–water partition coefficient (Wildman–Crippen LogP) is 3.41. The normalized spacial score (nSPS) is 11.5. The van der Waals surface area contributed by atoms with E-state index in [1.54, 1.807) is 18.3 Å². The Morgan fingerprint density at radius 2 is 1.73 bits per heavy atom. The molecule has 0 radical (unpaired) electrons. The minimum Gasteiger partial charge on any atom is -0.343 e. The highest BCUT2D eigenvalue weighted by Gasteiger charge is 2.33. The highest BCUT2D eigenvalue weighted by molar-refractivity contribution is 5.99. The number of hydrogen-bond acceptors (Lipinski definition) is 3. The van der Waals surface area contributed by atoms with Crippen LogP contribution in [0.3, 0.4) is 0 Å². The lowest BCUT2D eigenvalue weighted by Crippen LogP contribution is -2.41. The molecule has 0 aromatic heterocycles. The van der Waals surface area contributed by atoms with Crippen molar-refractivity contribution in [2.75, 3.05) is 18.4 Å². The zero-order chi connectivity index (χ0) is 19.3. The Bertz CT molecular complexity index is 624. The SMILES string of the molecule is CCC(CC)(CN)C(=O)Nc1cc(C(=O)NCC(F)(F)F)ccc1C.Cl. The second kappa shape index (κ2) is 9.78. The van der Waals surface area contributed by atoms with Crippen molar-refractivity contribution >= 4 is 29.9 Å². The van der Waals surface area contributed by atoms with E-state index < -0.39 is 24.0 Å². The van der Waals surface area contributed by atoms with Gasteiger partial charge >= 0.3 is 6.18 Å². The van der Waals surface area contributed by atoms with E-state index in [0.717, 1.165) is 0 Å². The van der Waals surface area contributed by atoms with Gasteiger partial charge in [-0.05, 0) is 37.5 Å². The van der Waals surface area contributed by atoms with Gasteiger partial charge in [0.1, 0.15) is 6.54 Å². The Hall–Kier alpha value is -1.80. The molecule has 0 aliphatic carbocycles. The fourth-order valence-corrected chi connectivity index (χ4v) is 2.39. The van der Waals surface area contributed by atoms with E-state index >= 15 is 0 Å². The van der Waals surface area contributed by atoms with Crippen LogP contribution in [-0.2, 0) is 4.79 Å². The van der Waals surface area contributed by atoms with Crippen molar-refractivity contribution in [1.29, 1.82) is 0 Å². The summed E-state index contributed by atoms with van der Waals surface area (Å²) in [5.74, 6) is -1.13. The molecule has 0 atom stereocenters. The first kappa shape index (κ1) is 24.2. The molecule has 0 aliphatic rings. The van der Waals surface area contributed by atoms with Gasteiger partial charge in [-0.1, -0.05) is 19.9 Å². The van der Waals surface area contributed by atoms with E-state index in [1.165, 1.54) is 12.1 Å². The number of nitrogens with two attached hydrogens (primary N) is 1. The maximum absolute atomic E-state index is 12.6. The average molecular weight is 396 g/mol. The zero-order valence-corrected chi connectivity index (χ0v) is 15.8. The minimum atomic E-state index is -4.49. The molecule has 148 valence electrons. The number of carbonyl (C=O) groups is 2. The smallest absolute Gasteiger partial charge is 0.343 e. The third kappa shape index (κ3) is 6.17. The standard InChI is InChI=1S/C17H24F3N3O2.ClH/c1-4-16(5-2,9-21)15(25)23-13-8-12(7-6-11(13)3)14(24)22-10-17(18,19)20;/h6-8H,4-5,9-10,21H2,1-3H3,(H,22,24)(H,23,25);1H. The summed E-state index contributed by atoms with van der Waals surface area (Å²) >= 11 is 0. The lowest BCUT2D eigenvalue weighted by Gasteiger charge is -2.29. The first-order chi connectivity index (χ1) is 11.6. The van der Waals surface area contributed by atoms with Crippen molar-refractivity contribution in [3.05, 3.63) is 29.3 Å². The molecule has 0 aliphatic heterocycles. The van der Waals surface area contributed by atoms with E-state index in [1.807, 2.05) is 13.8 Å². The van der Waals surface area contributed by atoms with Gasteiger partial charge in [0, 0.05) is 17.8 Å². The second-order valence-electron chi connectivity index (χ2n) is 5.97. The third-order valence-electron chi connectivity index (χ3n) is 4.42. The maximum Gasteiger partial charge on any atom is 0.405 e. The van der Waals surface area contributed by atoms with E-state index in [4.69, 9.17) is 5.73 Å². The summed E-state index contributed by atoms with van der Waals surface area (Å²) in [6.45, 7) is 4.22. The van der Waals surface area contributed by atoms with Crippen molar-refractivity contribution in [2.24, 2.45) is 11.1 Å². The van der Waals surface area contributed by atoms with Crippen molar-refractivity contribution in [3.63, 3.8) is 0 Å². The second-order valence-corrected chi connectivity index (χ2v) is 5.97. The fraction of sp³-hybridized carbons (Fsp3) is 0.529. The molecule has 1 aromatic carbocycles. The van der Waals surface area contributed by atoms with Crippen molar-refractivity contribution in [3.8, 4) is 0 Å². The Labute approximate surface area is 157 Å². The first-order valence-electron chi connectivity index (χ1n) is 8.05. The number of rotatable bonds is 7. The fourth-order valence-electron chi connectivity index (χ4n) is 2.39. The molecular weight excluding hydrogens is 371 g/mol. The highest BCUT2D eigenvalue weighted by atomic mass is 35.5. The van der Waals surface area contributed by atoms with E-state index in [9.17, 15) is 22.8 Å². The quantitative estimate of drug-likeness (QED) is 0.661. The zero-order valence-electron chi connectivity index (χ0n) is 15.0. The number of amides is 2. The molecule has 1 aromatic rings. The number of halogens is 4. The molecule has 0 saturated carbocycles. The molecule has 0 heterocycles. The number of nitrogens with one attached hydrogen (secondary N) is 2. The molecule has 0 fully saturated rings. The lowest BCUT2D eigenvalue weighted by molar-refractivity contribution is -0.125. The van der Waals surface area contributed by atoms with Gasteiger partial charge in [-0.2, -0.15) is 13.2 Å². The number of alkyl halides is 3. The Morgan fingerprint density at radius 3 is 2.19 bits per heavy atom. The van der Waals surface area contributed by atoms with Crippen LogP contribution in [0.25, 0.3) is 0 Å². The van der Waals surface area contributed by atoms with Gasteiger partial charge in [0.25, 0.3) is 5.91 Å². The summed E-state index contributed by atoms with van der Waals surface area (Å²) in [5, 5.41) is 4.56. The van der Waals surface area contributed by atoms with Gasteiger partial charge in [0.15, 0.2) is 0 Å². The first-order valence-corrected chi connectivity index (χ1v) is 8.05. The number of aryl methyl sites for hydroxylation is 1. The van der Waals surface area contributed by atoms with Crippen LogP contribution in [0.2, 0.25) is 0 Å². The lowest BCUT2D eigenvalue weighted by atomic mass is 9.81. The molecule has 5 nitrogen and oxygen atoms in total. The third-order valence-corrected chi connectivity index (χ3v) is 4.42. The minimum absolute atomic E-state index is 0. The predicted molar refractivity (Wildman–Crippen MR) is 97.5 cm³/mol. The highest BCUT2D eigenvalue weighted by Crippen LogP contribution is 2.28. The molecule has 1 rings (SSSR count). The summed E-state index contributed by atoms with van der Waals surface area (Å²) in [4.78, 5) is 24.4. The molecule has 0 bridgehead atoms. The van der Waals surface area contributed by atoms with Crippen LogP contribution in [0.4, 0.5) is 18.9 Å². The van der Waals surface area contributed by atoms with Crippen LogP contribution in [0.15, 0.2) is 18.2 Å². The molecule has 0 spiro atoms. The van der Waals surface area contributed by atoms with Crippen LogP contribution in [0.1, 0.15) is 42.6 Å². The van der Waals surface area contributed by atoms with Crippen LogP contribution >= 0.6 is 12.4 Å². The molecule has 0 unspecified atom stereocenters. The summed E-state index contributed by atoms with van der Waals surface area (Å²) in [6.07, 6.45) is -3.38. The Morgan fingerprint density at radius 1 is 1.15 bits per heavy atom. The summed E-state index contributed by atoms with van der Waals surface area (Å²) in [6, 6.07) is 4.35. The number of benzene rings is 1. The van der Waals surface area contributed by atoms with E-state index in [2.05, 4.69) is 5.32 Å². The van der Waals surface area contributed by atoms with Crippen molar-refractivity contribution in [2.45, 2.75) is 39.8 Å². The molecule has 4 N–H and O–H groups in total. The van der Waals surface area contributed by atoms with E-state index in [-0.39, 0.29) is 30.4 Å². The number of anilines is 1. The van der Waals surface area contributed by atoms with Crippen LogP contribution in [-0.4, -0.2) is 31.1 Å². The summed E-state index contributed by atoms with van der Waals surface area (Å²) in [7, 11) is 0. The maximum atomic E-state index is 12.6. The van der Waals surface area contributed by atoms with Crippen LogP contribution in [0, 0.1) is 12.3 Å². The average Bonchev–Trinajstić information content (AvgIpc) is 2.56. The Balaban J connectivity index is 0.00000625. The monoisotopic (exact) mass is 395 g/mol. The topological polar surface area (TPSA) is 84.2 Å². The van der Waals surface area contributed by atoms with Gasteiger partial charge in [0.05, 0.1) is 5.41 Å². The van der Waals surface area contributed by atoms with Crippen molar-refractivity contribution in [1.82, 2.24) is 5.32 Å². The van der Waals surface area contributed by atoms with Crippen LogP contribution < -0.4 is 16.4 Å². The van der Waals surface area contributed by atoms with E-state index in [0.29, 0.717) is 24.1 Å². The van der Waals surface area contributed by atoms with Gasteiger partial charge in [-0.25, -0.2) is 0 Å². The van der Waals surface area contributed by atoms with Crippen molar-refractivity contribution < 1.29 is 22.8 Å². The van der Waals surface area contributed by atoms with Gasteiger partial charge in [-0.3, -0.25) is 9.59 Å². The largest absolute Gasteiger partial charge is 0.405 e. The number of hydrogen-bond donors (Lipinski definition) is 3. The molecule has 2 amide bonds. The summed E-state index contributed by atoms with van der Waals surface area (Å²) in [5.41, 5.74) is 6.14. The molecule has 26 heavy (non-hydrogen) atoms. The molecular formula is C17H25ClF3N3O2. The van der Waals surface area contributed by atoms with Crippen LogP contribution in [0.5, 0.6) is 0 Å². The van der Waals surface area contributed by atoms with Gasteiger partial charge in [0.2, 0.25) is 5.91 Å². The summed E-state index contributed by atoms with van der Waals surface area (Å²) < 4.78 is 36.6. The number of carbonyl (C=O) groups excluding carboxylic acids is 2. The Kier molecular flexibility index (Phi) is 9.10. The molecule has 0 saturated heterocycles. The molecule has 9 heteroatoms. The van der Waals surface area contributed by atoms with Gasteiger partial charge in [-0.15, -0.1) is 12.4 Å². The van der Waals surface area contributed by atoms with Gasteiger partial charge < -0.3 is 16.4 Å².